The van der Waals surface area contributed by atoms with Crippen LogP contribution in [0, 0.1) is 5.92 Å². The summed E-state index contributed by atoms with van der Waals surface area (Å²) in [6.45, 7) is 0. The van der Waals surface area contributed by atoms with Crippen molar-refractivity contribution in [2.24, 2.45) is 5.92 Å². The fourth-order valence-corrected chi connectivity index (χ4v) is 1.93. The Balaban J connectivity index is 1.85. The Morgan fingerprint density at radius 3 is 2.67 bits per heavy atom. The highest BCUT2D eigenvalue weighted by atomic mass is 16.5. The van der Waals surface area contributed by atoms with E-state index < -0.39 is 0 Å². The lowest BCUT2D eigenvalue weighted by Gasteiger charge is -2.25. The first kappa shape index (κ1) is 10.1. The van der Waals surface area contributed by atoms with Gasteiger partial charge >= 0.3 is 0 Å². The van der Waals surface area contributed by atoms with Gasteiger partial charge < -0.3 is 9.53 Å². The SMILES string of the molecule is O=C[C@H]1CC[C@H](Oc2ccccn2)CC1. The Bertz CT molecular complexity index is 305. The maximum atomic E-state index is 10.6. The van der Waals surface area contributed by atoms with Gasteiger partial charge in [0, 0.05) is 18.2 Å². The summed E-state index contributed by atoms with van der Waals surface area (Å²) >= 11 is 0. The maximum Gasteiger partial charge on any atom is 0.213 e. The molecule has 0 aliphatic heterocycles. The van der Waals surface area contributed by atoms with E-state index in [2.05, 4.69) is 4.98 Å². The molecule has 15 heavy (non-hydrogen) atoms. The van der Waals surface area contributed by atoms with E-state index in [1.807, 2.05) is 18.2 Å². The summed E-state index contributed by atoms with van der Waals surface area (Å²) in [6, 6.07) is 5.65. The van der Waals surface area contributed by atoms with Crippen LogP contribution in [0.25, 0.3) is 0 Å². The summed E-state index contributed by atoms with van der Waals surface area (Å²) in [6.07, 6.45) is 6.84. The second-order valence-electron chi connectivity index (χ2n) is 3.96. The molecule has 0 unspecified atom stereocenters. The highest BCUT2D eigenvalue weighted by Gasteiger charge is 2.21. The van der Waals surface area contributed by atoms with E-state index in [1.165, 1.54) is 0 Å². The minimum Gasteiger partial charge on any atom is -0.474 e. The van der Waals surface area contributed by atoms with Gasteiger partial charge in [0.1, 0.15) is 12.4 Å². The molecule has 0 spiro atoms. The molecule has 0 aromatic carbocycles. The normalized spacial score (nSPS) is 25.9. The molecule has 2 rings (SSSR count). The standard InChI is InChI=1S/C12H15NO2/c14-9-10-4-6-11(7-5-10)15-12-3-1-2-8-13-12/h1-3,8-11H,4-7H2/t10-,11-. The second-order valence-corrected chi connectivity index (χ2v) is 3.96. The van der Waals surface area contributed by atoms with Gasteiger partial charge in [-0.2, -0.15) is 0 Å². The molecular formula is C12H15NO2. The third-order valence-corrected chi connectivity index (χ3v) is 2.84. The fraction of sp³-hybridized carbons (Fsp3) is 0.500. The number of aromatic nitrogens is 1. The van der Waals surface area contributed by atoms with E-state index in [9.17, 15) is 4.79 Å². The Kier molecular flexibility index (Phi) is 3.33. The average Bonchev–Trinajstić information content (AvgIpc) is 2.31. The Morgan fingerprint density at radius 1 is 1.27 bits per heavy atom. The molecule has 0 N–H and O–H groups in total. The summed E-state index contributed by atoms with van der Waals surface area (Å²) in [7, 11) is 0. The molecule has 1 fully saturated rings. The molecule has 0 radical (unpaired) electrons. The molecule has 80 valence electrons. The zero-order chi connectivity index (χ0) is 10.5. The molecule has 3 heteroatoms. The van der Waals surface area contributed by atoms with Gasteiger partial charge in [0.15, 0.2) is 0 Å². The van der Waals surface area contributed by atoms with Gasteiger partial charge in [-0.05, 0) is 31.7 Å². The third kappa shape index (κ3) is 2.78. The van der Waals surface area contributed by atoms with Crippen molar-refractivity contribution in [3.63, 3.8) is 0 Å². The van der Waals surface area contributed by atoms with E-state index >= 15 is 0 Å². The molecule has 0 bridgehead atoms. The van der Waals surface area contributed by atoms with Crippen LogP contribution in [-0.4, -0.2) is 17.4 Å². The molecule has 1 aromatic heterocycles. The Morgan fingerprint density at radius 2 is 2.07 bits per heavy atom. The van der Waals surface area contributed by atoms with Gasteiger partial charge in [-0.1, -0.05) is 6.07 Å². The van der Waals surface area contributed by atoms with Gasteiger partial charge in [0.2, 0.25) is 5.88 Å². The van der Waals surface area contributed by atoms with Gasteiger partial charge in [-0.25, -0.2) is 4.98 Å². The van der Waals surface area contributed by atoms with Crippen LogP contribution in [0.4, 0.5) is 0 Å². The molecule has 1 aliphatic carbocycles. The summed E-state index contributed by atoms with van der Waals surface area (Å²) in [5.74, 6) is 0.931. The predicted molar refractivity (Wildman–Crippen MR) is 56.7 cm³/mol. The molecular weight excluding hydrogens is 190 g/mol. The Labute approximate surface area is 89.5 Å². The van der Waals surface area contributed by atoms with Crippen molar-refractivity contribution in [3.05, 3.63) is 24.4 Å². The number of nitrogens with zero attached hydrogens (tertiary/aromatic N) is 1. The lowest BCUT2D eigenvalue weighted by molar-refractivity contribution is -0.112. The number of rotatable bonds is 3. The summed E-state index contributed by atoms with van der Waals surface area (Å²) in [5.41, 5.74) is 0. The number of carbonyl (C=O) groups excluding carboxylic acids is 1. The molecule has 1 heterocycles. The summed E-state index contributed by atoms with van der Waals surface area (Å²) in [5, 5.41) is 0. The lowest BCUT2D eigenvalue weighted by Crippen LogP contribution is -2.24. The third-order valence-electron chi connectivity index (χ3n) is 2.84. The summed E-state index contributed by atoms with van der Waals surface area (Å²) in [4.78, 5) is 14.7. The van der Waals surface area contributed by atoms with E-state index in [-0.39, 0.29) is 12.0 Å². The second kappa shape index (κ2) is 4.91. The Hall–Kier alpha value is -1.38. The topological polar surface area (TPSA) is 39.2 Å². The van der Waals surface area contributed by atoms with Crippen LogP contribution in [0.15, 0.2) is 24.4 Å². The van der Waals surface area contributed by atoms with Crippen LogP contribution in [0.3, 0.4) is 0 Å². The molecule has 0 saturated heterocycles. The highest BCUT2D eigenvalue weighted by Crippen LogP contribution is 2.25. The number of hydrogen-bond acceptors (Lipinski definition) is 3. The van der Waals surface area contributed by atoms with Gasteiger partial charge in [0.25, 0.3) is 0 Å². The van der Waals surface area contributed by atoms with Crippen molar-refractivity contribution >= 4 is 6.29 Å². The van der Waals surface area contributed by atoms with Crippen LogP contribution in [0.2, 0.25) is 0 Å². The van der Waals surface area contributed by atoms with Gasteiger partial charge in [-0.3, -0.25) is 0 Å². The highest BCUT2D eigenvalue weighted by molar-refractivity contribution is 5.53. The zero-order valence-corrected chi connectivity index (χ0v) is 8.63. The molecule has 1 aromatic rings. The van der Waals surface area contributed by atoms with Crippen molar-refractivity contribution in [3.8, 4) is 5.88 Å². The van der Waals surface area contributed by atoms with Gasteiger partial charge in [-0.15, -0.1) is 0 Å². The van der Waals surface area contributed by atoms with E-state index in [0.717, 1.165) is 32.0 Å². The minimum atomic E-state index is 0.232. The van der Waals surface area contributed by atoms with Crippen LogP contribution in [0.5, 0.6) is 5.88 Å². The number of carbonyl (C=O) groups is 1. The predicted octanol–water partition coefficient (Wildman–Crippen LogP) is 2.22. The number of aldehydes is 1. The van der Waals surface area contributed by atoms with Crippen LogP contribution in [-0.2, 0) is 4.79 Å². The monoisotopic (exact) mass is 205 g/mol. The molecule has 1 saturated carbocycles. The van der Waals surface area contributed by atoms with Crippen molar-refractivity contribution < 1.29 is 9.53 Å². The lowest BCUT2D eigenvalue weighted by atomic mass is 9.88. The largest absolute Gasteiger partial charge is 0.474 e. The smallest absolute Gasteiger partial charge is 0.213 e. The van der Waals surface area contributed by atoms with Gasteiger partial charge in [0.05, 0.1) is 0 Å². The quantitative estimate of drug-likeness (QED) is 0.710. The van der Waals surface area contributed by atoms with Crippen LogP contribution < -0.4 is 4.74 Å². The van der Waals surface area contributed by atoms with Crippen molar-refractivity contribution in [1.29, 1.82) is 0 Å². The molecule has 0 atom stereocenters. The van der Waals surface area contributed by atoms with Crippen LogP contribution in [0.1, 0.15) is 25.7 Å². The average molecular weight is 205 g/mol. The first-order valence-corrected chi connectivity index (χ1v) is 5.41. The number of ether oxygens (including phenoxy) is 1. The molecule has 1 aliphatic rings. The van der Waals surface area contributed by atoms with E-state index in [0.29, 0.717) is 5.88 Å². The minimum absolute atomic E-state index is 0.232. The molecule has 3 nitrogen and oxygen atoms in total. The number of hydrogen-bond donors (Lipinski definition) is 0. The zero-order valence-electron chi connectivity index (χ0n) is 8.63. The molecule has 0 amide bonds. The number of pyridine rings is 1. The summed E-state index contributed by atoms with van der Waals surface area (Å²) < 4.78 is 5.72. The first-order valence-electron chi connectivity index (χ1n) is 5.41. The first-order chi connectivity index (χ1) is 7.38. The van der Waals surface area contributed by atoms with E-state index in [4.69, 9.17) is 4.74 Å². The maximum absolute atomic E-state index is 10.6. The van der Waals surface area contributed by atoms with Crippen molar-refractivity contribution in [2.75, 3.05) is 0 Å². The van der Waals surface area contributed by atoms with Crippen molar-refractivity contribution in [1.82, 2.24) is 4.98 Å². The fourth-order valence-electron chi connectivity index (χ4n) is 1.93. The van der Waals surface area contributed by atoms with E-state index in [1.54, 1.807) is 6.20 Å². The van der Waals surface area contributed by atoms with Crippen LogP contribution >= 0.6 is 0 Å². The van der Waals surface area contributed by atoms with Crippen molar-refractivity contribution in [2.45, 2.75) is 31.8 Å².